The van der Waals surface area contributed by atoms with Crippen molar-refractivity contribution in [2.75, 3.05) is 20.1 Å². The fourth-order valence-electron chi connectivity index (χ4n) is 2.69. The summed E-state index contributed by atoms with van der Waals surface area (Å²) in [5.41, 5.74) is 1.36. The number of nitrogens with one attached hydrogen (secondary N) is 1. The fourth-order valence-corrected chi connectivity index (χ4v) is 2.69. The van der Waals surface area contributed by atoms with Crippen molar-refractivity contribution >= 4 is 0 Å². The van der Waals surface area contributed by atoms with Gasteiger partial charge in [0.05, 0.1) is 5.69 Å². The van der Waals surface area contributed by atoms with Crippen LogP contribution in [-0.2, 0) is 13.1 Å². The van der Waals surface area contributed by atoms with Crippen LogP contribution >= 0.6 is 0 Å². The van der Waals surface area contributed by atoms with Crippen LogP contribution in [-0.4, -0.2) is 40.9 Å². The van der Waals surface area contributed by atoms with Crippen LogP contribution in [0.3, 0.4) is 0 Å². The molecule has 1 aromatic heterocycles. The highest BCUT2D eigenvalue weighted by Crippen LogP contribution is 2.19. The quantitative estimate of drug-likeness (QED) is 0.812. The predicted octanol–water partition coefficient (Wildman–Crippen LogP) is 1.48. The maximum Gasteiger partial charge on any atom is 0.0524 e. The third-order valence-corrected chi connectivity index (χ3v) is 3.54. The summed E-state index contributed by atoms with van der Waals surface area (Å²) in [5.74, 6) is 0. The minimum Gasteiger partial charge on any atom is -0.318 e. The van der Waals surface area contributed by atoms with E-state index in [0.717, 1.165) is 26.1 Å². The summed E-state index contributed by atoms with van der Waals surface area (Å²) in [5, 5.41) is 7.69. The molecule has 0 spiro atoms. The van der Waals surface area contributed by atoms with Crippen LogP contribution in [0, 0.1) is 0 Å². The molecule has 4 heteroatoms. The molecule has 4 nitrogen and oxygen atoms in total. The van der Waals surface area contributed by atoms with E-state index < -0.39 is 0 Å². The highest BCUT2D eigenvalue weighted by molar-refractivity contribution is 5.01. The monoisotopic (exact) mass is 236 g/mol. The number of hydrogen-bond donors (Lipinski definition) is 1. The number of hydrogen-bond acceptors (Lipinski definition) is 3. The van der Waals surface area contributed by atoms with Crippen molar-refractivity contribution in [3.63, 3.8) is 0 Å². The lowest BCUT2D eigenvalue weighted by molar-refractivity contribution is 0.235. The molecular formula is C13H24N4. The number of aromatic nitrogens is 2. The molecule has 0 radical (unpaired) electrons. The lowest BCUT2D eigenvalue weighted by Gasteiger charge is -2.24. The lowest BCUT2D eigenvalue weighted by atomic mass is 10.2. The number of aryl methyl sites for hydroxylation is 1. The molecule has 96 valence electrons. The Morgan fingerprint density at radius 2 is 2.41 bits per heavy atom. The first-order valence-electron chi connectivity index (χ1n) is 6.74. The molecule has 2 heterocycles. The van der Waals surface area contributed by atoms with E-state index in [0.29, 0.717) is 6.04 Å². The minimum absolute atomic E-state index is 0.699. The summed E-state index contributed by atoms with van der Waals surface area (Å²) in [4.78, 5) is 2.58. The Hall–Kier alpha value is -0.870. The van der Waals surface area contributed by atoms with E-state index in [4.69, 9.17) is 0 Å². The van der Waals surface area contributed by atoms with Gasteiger partial charge in [0, 0.05) is 31.9 Å². The van der Waals surface area contributed by atoms with Crippen molar-refractivity contribution in [3.8, 4) is 0 Å². The first-order chi connectivity index (χ1) is 8.35. The molecule has 1 fully saturated rings. The third kappa shape index (κ3) is 3.07. The van der Waals surface area contributed by atoms with Crippen molar-refractivity contribution in [2.45, 2.75) is 45.3 Å². The SMILES string of the molecule is CCCn1nccc1CN1CCCC1CNC. The molecular weight excluding hydrogens is 212 g/mol. The Morgan fingerprint density at radius 1 is 1.53 bits per heavy atom. The largest absolute Gasteiger partial charge is 0.318 e. The normalized spacial score (nSPS) is 21.2. The maximum atomic E-state index is 4.39. The van der Waals surface area contributed by atoms with Gasteiger partial charge in [-0.05, 0) is 38.9 Å². The predicted molar refractivity (Wildman–Crippen MR) is 69.9 cm³/mol. The van der Waals surface area contributed by atoms with Crippen molar-refractivity contribution in [2.24, 2.45) is 0 Å². The Bertz CT molecular complexity index is 334. The Labute approximate surface area is 104 Å². The van der Waals surface area contributed by atoms with Crippen molar-refractivity contribution in [1.82, 2.24) is 20.0 Å². The molecule has 0 amide bonds. The smallest absolute Gasteiger partial charge is 0.0524 e. The van der Waals surface area contributed by atoms with E-state index in [1.165, 1.54) is 25.1 Å². The van der Waals surface area contributed by atoms with Crippen molar-refractivity contribution in [3.05, 3.63) is 18.0 Å². The molecule has 0 aliphatic carbocycles. The van der Waals surface area contributed by atoms with Gasteiger partial charge in [0.15, 0.2) is 0 Å². The molecule has 0 aromatic carbocycles. The van der Waals surface area contributed by atoms with Crippen LogP contribution in [0.4, 0.5) is 0 Å². The van der Waals surface area contributed by atoms with Gasteiger partial charge >= 0.3 is 0 Å². The van der Waals surface area contributed by atoms with Gasteiger partial charge in [-0.25, -0.2) is 0 Å². The maximum absolute atomic E-state index is 4.39. The third-order valence-electron chi connectivity index (χ3n) is 3.54. The van der Waals surface area contributed by atoms with E-state index in [1.54, 1.807) is 0 Å². The summed E-state index contributed by atoms with van der Waals surface area (Å²) in [6.45, 7) is 6.61. The van der Waals surface area contributed by atoms with Crippen molar-refractivity contribution in [1.29, 1.82) is 0 Å². The average Bonchev–Trinajstić information content (AvgIpc) is 2.92. The molecule has 0 bridgehead atoms. The number of rotatable bonds is 6. The summed E-state index contributed by atoms with van der Waals surface area (Å²) < 4.78 is 2.15. The Balaban J connectivity index is 1.97. The van der Waals surface area contributed by atoms with E-state index in [2.05, 4.69) is 33.0 Å². The van der Waals surface area contributed by atoms with Gasteiger partial charge in [-0.3, -0.25) is 9.58 Å². The molecule has 1 saturated heterocycles. The number of likely N-dealkylation sites (N-methyl/N-ethyl adjacent to an activating group) is 1. The van der Waals surface area contributed by atoms with Crippen molar-refractivity contribution < 1.29 is 0 Å². The summed E-state index contributed by atoms with van der Waals surface area (Å²) in [6, 6.07) is 2.86. The van der Waals surface area contributed by atoms with Gasteiger partial charge in [0.1, 0.15) is 0 Å². The van der Waals surface area contributed by atoms with E-state index in [1.807, 2.05) is 13.2 Å². The van der Waals surface area contributed by atoms with E-state index in [9.17, 15) is 0 Å². The summed E-state index contributed by atoms with van der Waals surface area (Å²) in [6.07, 6.45) is 5.72. The Kier molecular flexibility index (Phi) is 4.57. The molecule has 17 heavy (non-hydrogen) atoms. The topological polar surface area (TPSA) is 33.1 Å². The average molecular weight is 236 g/mol. The molecule has 1 aliphatic rings. The first kappa shape index (κ1) is 12.6. The zero-order valence-corrected chi connectivity index (χ0v) is 11.0. The van der Waals surface area contributed by atoms with E-state index >= 15 is 0 Å². The molecule has 0 saturated carbocycles. The van der Waals surface area contributed by atoms with Crippen LogP contribution in [0.5, 0.6) is 0 Å². The van der Waals surface area contributed by atoms with Crippen LogP contribution in [0.2, 0.25) is 0 Å². The number of likely N-dealkylation sites (tertiary alicyclic amines) is 1. The van der Waals surface area contributed by atoms with Crippen LogP contribution in [0.15, 0.2) is 12.3 Å². The molecule has 1 aliphatic heterocycles. The molecule has 1 atom stereocenters. The molecule has 2 rings (SSSR count). The number of nitrogens with zero attached hydrogens (tertiary/aromatic N) is 3. The highest BCUT2D eigenvalue weighted by Gasteiger charge is 2.24. The standard InChI is InChI=1S/C13H24N4/c1-3-8-17-13(6-7-15-17)11-16-9-4-5-12(16)10-14-2/h6-7,12,14H,3-5,8-11H2,1-2H3. The molecule has 1 unspecified atom stereocenters. The highest BCUT2D eigenvalue weighted by atomic mass is 15.3. The zero-order valence-electron chi connectivity index (χ0n) is 11.0. The second kappa shape index (κ2) is 6.17. The van der Waals surface area contributed by atoms with Gasteiger partial charge in [-0.2, -0.15) is 5.10 Å². The van der Waals surface area contributed by atoms with Crippen LogP contribution in [0.1, 0.15) is 31.9 Å². The fraction of sp³-hybridized carbons (Fsp3) is 0.769. The summed E-state index contributed by atoms with van der Waals surface area (Å²) in [7, 11) is 2.04. The zero-order chi connectivity index (χ0) is 12.1. The van der Waals surface area contributed by atoms with Gasteiger partial charge in [0.2, 0.25) is 0 Å². The second-order valence-corrected chi connectivity index (χ2v) is 4.87. The summed E-state index contributed by atoms with van der Waals surface area (Å²) >= 11 is 0. The molecule has 1 N–H and O–H groups in total. The molecule has 1 aromatic rings. The van der Waals surface area contributed by atoms with Gasteiger partial charge in [-0.1, -0.05) is 6.92 Å². The van der Waals surface area contributed by atoms with Gasteiger partial charge < -0.3 is 5.32 Å². The second-order valence-electron chi connectivity index (χ2n) is 4.87. The van der Waals surface area contributed by atoms with Gasteiger partial charge in [0.25, 0.3) is 0 Å². The van der Waals surface area contributed by atoms with Gasteiger partial charge in [-0.15, -0.1) is 0 Å². The van der Waals surface area contributed by atoms with Crippen LogP contribution in [0.25, 0.3) is 0 Å². The first-order valence-corrected chi connectivity index (χ1v) is 6.74. The van der Waals surface area contributed by atoms with Crippen LogP contribution < -0.4 is 5.32 Å². The van der Waals surface area contributed by atoms with E-state index in [-0.39, 0.29) is 0 Å². The lowest BCUT2D eigenvalue weighted by Crippen LogP contribution is -2.36. The Morgan fingerprint density at radius 3 is 3.18 bits per heavy atom. The minimum atomic E-state index is 0.699.